The van der Waals surface area contributed by atoms with Crippen LogP contribution in [0.5, 0.6) is 5.75 Å². The van der Waals surface area contributed by atoms with Crippen LogP contribution < -0.4 is 21.1 Å². The van der Waals surface area contributed by atoms with Crippen LogP contribution in [0, 0.1) is 0 Å². The van der Waals surface area contributed by atoms with Gasteiger partial charge in [0.05, 0.1) is 17.5 Å². The lowest BCUT2D eigenvalue weighted by Crippen LogP contribution is -2.33. The summed E-state index contributed by atoms with van der Waals surface area (Å²) in [7, 11) is 2.19. The monoisotopic (exact) mass is 423 g/mol. The Morgan fingerprint density at radius 1 is 1.16 bits per heavy atom. The molecule has 0 saturated heterocycles. The summed E-state index contributed by atoms with van der Waals surface area (Å²) in [6.07, 6.45) is 9.11. The van der Waals surface area contributed by atoms with Crippen molar-refractivity contribution in [2.75, 3.05) is 24.2 Å². The van der Waals surface area contributed by atoms with Crippen LogP contribution in [0.3, 0.4) is 0 Å². The van der Waals surface area contributed by atoms with Gasteiger partial charge in [-0.2, -0.15) is 0 Å². The number of rotatable bonds is 6. The van der Waals surface area contributed by atoms with Gasteiger partial charge in [0.15, 0.2) is 0 Å². The highest BCUT2D eigenvalue weighted by molar-refractivity contribution is 5.83. The number of ether oxygens (including phenoxy) is 1. The average Bonchev–Trinajstić information content (AvgIpc) is 2.73. The van der Waals surface area contributed by atoms with Gasteiger partial charge in [0.25, 0.3) is 0 Å². The molecule has 0 spiro atoms. The second-order valence-corrected chi connectivity index (χ2v) is 9.91. The maximum Gasteiger partial charge on any atom is 0.143 e. The summed E-state index contributed by atoms with van der Waals surface area (Å²) in [5, 5.41) is 0. The fraction of sp³-hybridized carbons (Fsp3) is 0.600. The lowest BCUT2D eigenvalue weighted by molar-refractivity contribution is 0.147. The number of anilines is 2. The Morgan fingerprint density at radius 3 is 2.61 bits per heavy atom. The Hall–Kier alpha value is -2.34. The molecule has 0 radical (unpaired) electrons. The van der Waals surface area contributed by atoms with E-state index in [0.717, 1.165) is 74.1 Å². The largest absolute Gasteiger partial charge is 0.488 e. The molecular formula is C25H37N5O. The van der Waals surface area contributed by atoms with Gasteiger partial charge < -0.3 is 21.1 Å². The van der Waals surface area contributed by atoms with Crippen molar-refractivity contribution in [3.63, 3.8) is 0 Å². The summed E-state index contributed by atoms with van der Waals surface area (Å²) < 4.78 is 6.63. The third-order valence-electron chi connectivity index (χ3n) is 6.91. The topological polar surface area (TPSA) is 90.3 Å². The summed E-state index contributed by atoms with van der Waals surface area (Å²) in [5.74, 6) is 1.57. The Morgan fingerprint density at radius 2 is 1.90 bits per heavy atom. The smallest absolute Gasteiger partial charge is 0.143 e. The minimum Gasteiger partial charge on any atom is -0.488 e. The molecule has 6 heteroatoms. The number of hydrogen-bond donors (Lipinski definition) is 2. The van der Waals surface area contributed by atoms with E-state index in [2.05, 4.69) is 54.8 Å². The predicted molar refractivity (Wildman–Crippen MR) is 128 cm³/mol. The molecular weight excluding hydrogens is 386 g/mol. The first-order valence-corrected chi connectivity index (χ1v) is 11.7. The minimum absolute atomic E-state index is 0.149. The summed E-state index contributed by atoms with van der Waals surface area (Å²) in [4.78, 5) is 11.3. The van der Waals surface area contributed by atoms with Gasteiger partial charge >= 0.3 is 0 Å². The highest BCUT2D eigenvalue weighted by Gasteiger charge is 2.37. The molecule has 1 heterocycles. The molecule has 4 N–H and O–H groups in total. The van der Waals surface area contributed by atoms with E-state index < -0.39 is 0 Å². The fourth-order valence-corrected chi connectivity index (χ4v) is 5.22. The zero-order valence-electron chi connectivity index (χ0n) is 19.4. The first kappa shape index (κ1) is 21.9. The van der Waals surface area contributed by atoms with Crippen molar-refractivity contribution < 1.29 is 4.74 Å². The van der Waals surface area contributed by atoms with Gasteiger partial charge in [-0.3, -0.25) is 0 Å². The number of nitrogen functional groups attached to an aromatic ring is 1. The quantitative estimate of drug-likeness (QED) is 0.714. The van der Waals surface area contributed by atoms with Crippen LogP contribution in [-0.4, -0.2) is 35.7 Å². The first-order chi connectivity index (χ1) is 14.8. The van der Waals surface area contributed by atoms with Crippen molar-refractivity contribution >= 4 is 11.5 Å². The molecule has 1 saturated carbocycles. The van der Waals surface area contributed by atoms with Crippen LogP contribution in [0.4, 0.5) is 11.5 Å². The highest BCUT2D eigenvalue weighted by atomic mass is 16.5. The molecule has 6 nitrogen and oxygen atoms in total. The molecule has 31 heavy (non-hydrogen) atoms. The zero-order valence-corrected chi connectivity index (χ0v) is 19.4. The van der Waals surface area contributed by atoms with Gasteiger partial charge in [0.2, 0.25) is 0 Å². The summed E-state index contributed by atoms with van der Waals surface area (Å²) in [6.45, 7) is 7.70. The fourth-order valence-electron chi connectivity index (χ4n) is 5.22. The number of hydrogen-bond acceptors (Lipinski definition) is 6. The Bertz CT molecular complexity index is 934. The minimum atomic E-state index is -0.149. The second kappa shape index (κ2) is 8.65. The molecule has 4 rings (SSSR count). The van der Waals surface area contributed by atoms with E-state index in [1.165, 1.54) is 11.3 Å². The van der Waals surface area contributed by atoms with Crippen LogP contribution >= 0.6 is 0 Å². The second-order valence-electron chi connectivity index (χ2n) is 9.91. The van der Waals surface area contributed by atoms with Crippen molar-refractivity contribution in [1.82, 2.24) is 9.97 Å². The van der Waals surface area contributed by atoms with E-state index in [4.69, 9.17) is 16.2 Å². The van der Waals surface area contributed by atoms with E-state index in [1.807, 2.05) is 0 Å². The zero-order chi connectivity index (χ0) is 22.2. The standard InChI is InChI=1S/C25H37N5O/c1-5-6-13-30(4)23-19-14-25(2,3)21-22(28-15-29-24(21)27)18(19)11-12-20(23)31-17-9-7-16(26)8-10-17/h11-12,15-17H,5-10,13-14,26H2,1-4H3,(H2,27,28,29). The molecule has 0 unspecified atom stereocenters. The summed E-state index contributed by atoms with van der Waals surface area (Å²) in [6, 6.07) is 4.61. The number of fused-ring (bicyclic) bond motifs is 3. The van der Waals surface area contributed by atoms with Gasteiger partial charge in [0.1, 0.15) is 17.9 Å². The third-order valence-corrected chi connectivity index (χ3v) is 6.91. The number of aromatic nitrogens is 2. The number of nitrogens with two attached hydrogens (primary N) is 2. The van der Waals surface area contributed by atoms with E-state index in [9.17, 15) is 0 Å². The van der Waals surface area contributed by atoms with Crippen molar-refractivity contribution in [2.45, 2.75) is 83.3 Å². The molecule has 2 aliphatic rings. The SMILES string of the molecule is CCCCN(C)c1c(OC2CCC(N)CC2)ccc2c1CC(C)(C)c1c(N)ncnc1-2. The third kappa shape index (κ3) is 4.22. The molecule has 2 aliphatic carbocycles. The molecule has 1 aromatic carbocycles. The van der Waals surface area contributed by atoms with Gasteiger partial charge in [-0.15, -0.1) is 0 Å². The lowest BCUT2D eigenvalue weighted by Gasteiger charge is -2.37. The first-order valence-electron chi connectivity index (χ1n) is 11.7. The molecule has 1 fully saturated rings. The maximum atomic E-state index is 6.63. The van der Waals surface area contributed by atoms with Crippen molar-refractivity contribution in [3.8, 4) is 17.0 Å². The van der Waals surface area contributed by atoms with Crippen LogP contribution in [-0.2, 0) is 11.8 Å². The van der Waals surface area contributed by atoms with Crippen LogP contribution in [0.1, 0.15) is 70.4 Å². The average molecular weight is 424 g/mol. The van der Waals surface area contributed by atoms with E-state index >= 15 is 0 Å². The van der Waals surface area contributed by atoms with Gasteiger partial charge in [0, 0.05) is 30.8 Å². The highest BCUT2D eigenvalue weighted by Crippen LogP contribution is 2.49. The van der Waals surface area contributed by atoms with Crippen molar-refractivity contribution in [1.29, 1.82) is 0 Å². The van der Waals surface area contributed by atoms with Gasteiger partial charge in [-0.1, -0.05) is 27.2 Å². The van der Waals surface area contributed by atoms with E-state index in [-0.39, 0.29) is 11.5 Å². The molecule has 1 aromatic heterocycles. The summed E-state index contributed by atoms with van der Waals surface area (Å²) in [5.41, 5.74) is 17.9. The van der Waals surface area contributed by atoms with Crippen molar-refractivity contribution in [3.05, 3.63) is 29.6 Å². The molecule has 0 amide bonds. The molecule has 168 valence electrons. The molecule has 0 atom stereocenters. The Balaban J connectivity index is 1.80. The Labute approximate surface area is 186 Å². The lowest BCUT2D eigenvalue weighted by atomic mass is 9.71. The van der Waals surface area contributed by atoms with Crippen LogP contribution in [0.25, 0.3) is 11.3 Å². The summed E-state index contributed by atoms with van der Waals surface area (Å²) >= 11 is 0. The van der Waals surface area contributed by atoms with Gasteiger partial charge in [-0.25, -0.2) is 9.97 Å². The molecule has 0 aliphatic heterocycles. The number of benzene rings is 1. The maximum absolute atomic E-state index is 6.63. The molecule has 2 aromatic rings. The van der Waals surface area contributed by atoms with E-state index in [1.54, 1.807) is 6.33 Å². The molecule has 0 bridgehead atoms. The number of nitrogens with zero attached hydrogens (tertiary/aromatic N) is 3. The van der Waals surface area contributed by atoms with E-state index in [0.29, 0.717) is 11.9 Å². The predicted octanol–water partition coefficient (Wildman–Crippen LogP) is 4.44. The Kier molecular flexibility index (Phi) is 6.11. The normalized spacial score (nSPS) is 21.8. The van der Waals surface area contributed by atoms with Crippen LogP contribution in [0.2, 0.25) is 0 Å². The van der Waals surface area contributed by atoms with Crippen LogP contribution in [0.15, 0.2) is 18.5 Å². The van der Waals surface area contributed by atoms with Crippen molar-refractivity contribution in [2.24, 2.45) is 5.73 Å². The van der Waals surface area contributed by atoms with Gasteiger partial charge in [-0.05, 0) is 61.6 Å². The number of unbranched alkanes of at least 4 members (excludes halogenated alkanes) is 1.